The van der Waals surface area contributed by atoms with E-state index in [1.54, 1.807) is 30.3 Å². The zero-order chi connectivity index (χ0) is 37.0. The summed E-state index contributed by atoms with van der Waals surface area (Å²) in [5, 5.41) is 0. The molecule has 1 fully saturated rings. The van der Waals surface area contributed by atoms with Crippen LogP contribution < -0.4 is 18.9 Å². The predicted octanol–water partition coefficient (Wildman–Crippen LogP) is 2.86. The van der Waals surface area contributed by atoms with E-state index in [2.05, 4.69) is 0 Å². The van der Waals surface area contributed by atoms with Gasteiger partial charge in [-0.15, -0.1) is 0 Å². The second-order valence-electron chi connectivity index (χ2n) is 10.9. The van der Waals surface area contributed by atoms with Crippen molar-refractivity contribution in [2.75, 3.05) is 34.5 Å². The van der Waals surface area contributed by atoms with Crippen molar-refractivity contribution >= 4 is 29.8 Å². The van der Waals surface area contributed by atoms with Gasteiger partial charge in [0.25, 0.3) is 0 Å². The van der Waals surface area contributed by atoms with Gasteiger partial charge in [0.2, 0.25) is 0 Å². The maximum atomic E-state index is 12.3. The molecule has 50 heavy (non-hydrogen) atoms. The Labute approximate surface area is 289 Å². The minimum Gasteiger partial charge on any atom is -0.493 e. The molecule has 16 nitrogen and oxygen atoms in total. The van der Waals surface area contributed by atoms with Gasteiger partial charge in [0, 0.05) is 41.7 Å². The molecule has 0 aromatic heterocycles. The van der Waals surface area contributed by atoms with E-state index in [0.29, 0.717) is 11.3 Å². The van der Waals surface area contributed by atoms with Crippen LogP contribution in [0.1, 0.15) is 46.3 Å². The van der Waals surface area contributed by atoms with Crippen molar-refractivity contribution in [1.29, 1.82) is 0 Å². The van der Waals surface area contributed by atoms with Crippen LogP contribution in [0.15, 0.2) is 42.5 Å². The molecule has 1 saturated heterocycles. The highest BCUT2D eigenvalue weighted by atomic mass is 16.7. The third-order valence-corrected chi connectivity index (χ3v) is 7.08. The summed E-state index contributed by atoms with van der Waals surface area (Å²) in [7, 11) is 4.12. The normalized spacial score (nSPS) is 21.1. The molecule has 0 saturated carbocycles. The van der Waals surface area contributed by atoms with Crippen molar-refractivity contribution in [3.8, 4) is 23.0 Å². The number of methoxy groups -OCH3 is 3. The van der Waals surface area contributed by atoms with Crippen molar-refractivity contribution in [2.24, 2.45) is 0 Å². The first-order valence-electron chi connectivity index (χ1n) is 15.4. The molecule has 0 N–H and O–H groups in total. The lowest BCUT2D eigenvalue weighted by molar-refractivity contribution is -0.305. The highest BCUT2D eigenvalue weighted by molar-refractivity contribution is 5.70. The quantitative estimate of drug-likeness (QED) is 0.141. The van der Waals surface area contributed by atoms with Crippen LogP contribution in [0.2, 0.25) is 0 Å². The van der Waals surface area contributed by atoms with Gasteiger partial charge in [-0.3, -0.25) is 24.0 Å². The Kier molecular flexibility index (Phi) is 14.8. The standard InChI is InChI=1S/C34H42O16/c1-18(35)43-16-28(49-25-12-10-9-11-24(25)40-6)30(23-13-14-26(45-19(2)36)27(15-23)41-7)44-17-29-31(46-20(3)37)32(47-21(4)38)33(48-22(5)39)34(42-8)50-29/h9-15,28-34H,16-17H2,1-8H3/t28-,29-,30+,31+,32+,33-,34+/m1/s1. The summed E-state index contributed by atoms with van der Waals surface area (Å²) in [4.78, 5) is 60.2. The van der Waals surface area contributed by atoms with Crippen LogP contribution in [0.4, 0.5) is 0 Å². The zero-order valence-electron chi connectivity index (χ0n) is 29.0. The summed E-state index contributed by atoms with van der Waals surface area (Å²) in [6, 6.07) is 11.4. The van der Waals surface area contributed by atoms with E-state index in [-0.39, 0.29) is 30.5 Å². The SMILES string of the molecule is COc1cc([C@H](OC[C@H]2O[C@H](OC)[C@H](OC(C)=O)[C@@H](OC(C)=O)[C@H]2OC(C)=O)[C@@H](COC(C)=O)Oc2ccccc2OC)ccc1OC(C)=O. The fourth-order valence-corrected chi connectivity index (χ4v) is 5.16. The molecule has 7 atom stereocenters. The highest BCUT2D eigenvalue weighted by Gasteiger charge is 2.52. The molecule has 1 aliphatic rings. The van der Waals surface area contributed by atoms with Gasteiger partial charge < -0.3 is 52.1 Å². The number of ether oxygens (including phenoxy) is 11. The molecule has 1 heterocycles. The van der Waals surface area contributed by atoms with Gasteiger partial charge in [0.1, 0.15) is 18.8 Å². The van der Waals surface area contributed by atoms with Gasteiger partial charge in [-0.05, 0) is 29.8 Å². The molecule has 2 aromatic carbocycles. The van der Waals surface area contributed by atoms with Crippen LogP contribution in [0.5, 0.6) is 23.0 Å². The summed E-state index contributed by atoms with van der Waals surface area (Å²) in [6.45, 7) is 5.18. The molecule has 0 aliphatic carbocycles. The molecular formula is C34H42O16. The first-order valence-corrected chi connectivity index (χ1v) is 15.4. The van der Waals surface area contributed by atoms with Gasteiger partial charge in [0.15, 0.2) is 53.7 Å². The van der Waals surface area contributed by atoms with E-state index < -0.39 is 72.8 Å². The third kappa shape index (κ3) is 11.0. The van der Waals surface area contributed by atoms with Crippen molar-refractivity contribution in [1.82, 2.24) is 0 Å². The van der Waals surface area contributed by atoms with E-state index in [9.17, 15) is 24.0 Å². The van der Waals surface area contributed by atoms with Crippen LogP contribution in [-0.2, 0) is 57.1 Å². The molecule has 1 aliphatic heterocycles. The van der Waals surface area contributed by atoms with E-state index in [4.69, 9.17) is 52.1 Å². The van der Waals surface area contributed by atoms with E-state index in [1.165, 1.54) is 47.3 Å². The molecule has 0 spiro atoms. The lowest BCUT2D eigenvalue weighted by atomic mass is 9.97. The molecule has 274 valence electrons. The number of hydrogen-bond acceptors (Lipinski definition) is 16. The van der Waals surface area contributed by atoms with Gasteiger partial charge in [-0.1, -0.05) is 18.2 Å². The Balaban J connectivity index is 2.12. The first kappa shape index (κ1) is 39.5. The highest BCUT2D eigenvalue weighted by Crippen LogP contribution is 2.37. The fourth-order valence-electron chi connectivity index (χ4n) is 5.16. The third-order valence-electron chi connectivity index (χ3n) is 7.08. The predicted molar refractivity (Wildman–Crippen MR) is 169 cm³/mol. The second kappa shape index (κ2) is 18.7. The average Bonchev–Trinajstić information content (AvgIpc) is 3.05. The summed E-state index contributed by atoms with van der Waals surface area (Å²) < 4.78 is 62.4. The van der Waals surface area contributed by atoms with Crippen LogP contribution in [0.3, 0.4) is 0 Å². The Hall–Kier alpha value is -4.93. The summed E-state index contributed by atoms with van der Waals surface area (Å²) in [5.74, 6) is -2.48. The molecule has 16 heteroatoms. The molecule has 3 rings (SSSR count). The Morgan fingerprint density at radius 2 is 1.28 bits per heavy atom. The van der Waals surface area contributed by atoms with Gasteiger partial charge >= 0.3 is 29.8 Å². The number of esters is 5. The monoisotopic (exact) mass is 706 g/mol. The molecule has 0 bridgehead atoms. The van der Waals surface area contributed by atoms with Gasteiger partial charge in [-0.25, -0.2) is 0 Å². The van der Waals surface area contributed by atoms with E-state index >= 15 is 0 Å². The Bertz CT molecular complexity index is 1490. The lowest BCUT2D eigenvalue weighted by Crippen LogP contribution is -2.62. The minimum atomic E-state index is -1.36. The van der Waals surface area contributed by atoms with Crippen molar-refractivity contribution in [2.45, 2.75) is 77.5 Å². The topological polar surface area (TPSA) is 187 Å². The lowest BCUT2D eigenvalue weighted by Gasteiger charge is -2.44. The summed E-state index contributed by atoms with van der Waals surface area (Å²) in [6.07, 6.45) is -8.70. The smallest absolute Gasteiger partial charge is 0.308 e. The van der Waals surface area contributed by atoms with Crippen LogP contribution >= 0.6 is 0 Å². The van der Waals surface area contributed by atoms with Gasteiger partial charge in [-0.2, -0.15) is 0 Å². The van der Waals surface area contributed by atoms with E-state index in [0.717, 1.165) is 20.8 Å². The molecule has 0 radical (unpaired) electrons. The largest absolute Gasteiger partial charge is 0.493 e. The number of benzene rings is 2. The van der Waals surface area contributed by atoms with E-state index in [1.807, 2.05) is 0 Å². The summed E-state index contributed by atoms with van der Waals surface area (Å²) in [5.41, 5.74) is 0.405. The summed E-state index contributed by atoms with van der Waals surface area (Å²) >= 11 is 0. The maximum absolute atomic E-state index is 12.3. The maximum Gasteiger partial charge on any atom is 0.308 e. The number of carbonyl (C=O) groups excluding carboxylic acids is 5. The molecule has 0 amide bonds. The molecular weight excluding hydrogens is 664 g/mol. The van der Waals surface area contributed by atoms with Gasteiger partial charge in [0.05, 0.1) is 20.8 Å². The number of carbonyl (C=O) groups is 5. The Morgan fingerprint density at radius 3 is 1.84 bits per heavy atom. The fraction of sp³-hybridized carbons (Fsp3) is 0.500. The number of para-hydroxylation sites is 2. The van der Waals surface area contributed by atoms with Crippen molar-refractivity contribution < 1.29 is 76.1 Å². The Morgan fingerprint density at radius 1 is 0.680 bits per heavy atom. The van der Waals surface area contributed by atoms with Crippen molar-refractivity contribution in [3.63, 3.8) is 0 Å². The number of hydrogen-bond donors (Lipinski definition) is 0. The average molecular weight is 707 g/mol. The van der Waals surface area contributed by atoms with Crippen LogP contribution in [0, 0.1) is 0 Å². The van der Waals surface area contributed by atoms with Crippen LogP contribution in [-0.4, -0.2) is 101 Å². The molecule has 2 aromatic rings. The van der Waals surface area contributed by atoms with Crippen molar-refractivity contribution in [3.05, 3.63) is 48.0 Å². The first-order chi connectivity index (χ1) is 23.8. The minimum absolute atomic E-state index is 0.124. The zero-order valence-corrected chi connectivity index (χ0v) is 29.0. The second-order valence-corrected chi connectivity index (χ2v) is 10.9. The van der Waals surface area contributed by atoms with Crippen LogP contribution in [0.25, 0.3) is 0 Å². The number of rotatable bonds is 16. The molecule has 0 unspecified atom stereocenters.